The molecule has 0 saturated heterocycles. The van der Waals surface area contributed by atoms with E-state index in [4.69, 9.17) is 0 Å². The van der Waals surface area contributed by atoms with Crippen LogP contribution in [0, 0.1) is 0 Å². The van der Waals surface area contributed by atoms with Crippen molar-refractivity contribution in [3.8, 4) is 0 Å². The van der Waals surface area contributed by atoms with Crippen LogP contribution in [0.4, 0.5) is 4.39 Å². The molecule has 1 unspecified atom stereocenters. The minimum Gasteiger partial charge on any atom is -0.283 e. The molecule has 0 radical (unpaired) electrons. The summed E-state index contributed by atoms with van der Waals surface area (Å²) in [4.78, 5) is 0. The molecule has 218 valence electrons. The van der Waals surface area contributed by atoms with Gasteiger partial charge in [-0.2, -0.15) is 8.42 Å². The van der Waals surface area contributed by atoms with Crippen LogP contribution in [-0.4, -0.2) is 18.0 Å². The van der Waals surface area contributed by atoms with Crippen LogP contribution in [0.25, 0.3) is 0 Å². The lowest BCUT2D eigenvalue weighted by Gasteiger charge is -2.22. The van der Waals surface area contributed by atoms with E-state index in [9.17, 15) is 13.0 Å². The molecule has 0 rings (SSSR count). The van der Waals surface area contributed by atoms with Crippen LogP contribution in [0.15, 0.2) is 0 Å². The molecular formula is C31H63FO3S. The first kappa shape index (κ1) is 35.8. The van der Waals surface area contributed by atoms with E-state index in [-0.39, 0.29) is 12.8 Å². The maximum absolute atomic E-state index is 15.0. The Kier molecular flexibility index (Phi) is 25.0. The van der Waals surface area contributed by atoms with Gasteiger partial charge in [-0.3, -0.25) is 4.55 Å². The normalized spacial score (nSPS) is 13.8. The van der Waals surface area contributed by atoms with E-state index in [2.05, 4.69) is 13.8 Å². The number of alkyl halides is 1. The summed E-state index contributed by atoms with van der Waals surface area (Å²) in [7, 11) is -4.66. The minimum absolute atomic E-state index is 0.0689. The molecule has 0 aromatic heterocycles. The molecule has 0 aromatic carbocycles. The van der Waals surface area contributed by atoms with Crippen LogP contribution in [0.2, 0.25) is 0 Å². The van der Waals surface area contributed by atoms with Gasteiger partial charge in [-0.1, -0.05) is 168 Å². The Hall–Kier alpha value is -0.160. The molecule has 0 heterocycles. The van der Waals surface area contributed by atoms with Crippen molar-refractivity contribution in [1.82, 2.24) is 0 Å². The first-order valence-electron chi connectivity index (χ1n) is 16.0. The molecule has 1 N–H and O–H groups in total. The van der Waals surface area contributed by atoms with E-state index in [1.54, 1.807) is 0 Å². The molecule has 0 aliphatic heterocycles. The largest absolute Gasteiger partial charge is 0.300 e. The second kappa shape index (κ2) is 25.1. The van der Waals surface area contributed by atoms with Gasteiger partial charge in [0.05, 0.1) is 0 Å². The third kappa shape index (κ3) is 21.9. The molecule has 0 bridgehead atoms. The van der Waals surface area contributed by atoms with Gasteiger partial charge < -0.3 is 0 Å². The number of rotatable bonds is 29. The van der Waals surface area contributed by atoms with E-state index in [1.165, 1.54) is 116 Å². The average Bonchev–Trinajstić information content (AvgIpc) is 2.84. The predicted octanol–water partition coefficient (Wildman–Crippen LogP) is 11.5. The Bertz CT molecular complexity index is 552. The number of halogens is 1. The summed E-state index contributed by atoms with van der Waals surface area (Å²) >= 11 is 0. The Morgan fingerprint density at radius 2 is 0.639 bits per heavy atom. The maximum atomic E-state index is 15.0. The van der Waals surface area contributed by atoms with Crippen molar-refractivity contribution in [1.29, 1.82) is 0 Å². The number of hydrogen-bond acceptors (Lipinski definition) is 2. The molecule has 1 atom stereocenters. The van der Waals surface area contributed by atoms with E-state index < -0.39 is 15.1 Å². The van der Waals surface area contributed by atoms with Gasteiger partial charge in [0.2, 0.25) is 5.00 Å². The van der Waals surface area contributed by atoms with Crippen molar-refractivity contribution >= 4 is 10.1 Å². The van der Waals surface area contributed by atoms with Gasteiger partial charge in [0, 0.05) is 0 Å². The third-order valence-corrected chi connectivity index (χ3v) is 9.10. The Labute approximate surface area is 225 Å². The van der Waals surface area contributed by atoms with Crippen LogP contribution >= 0.6 is 0 Å². The van der Waals surface area contributed by atoms with Gasteiger partial charge in [-0.15, -0.1) is 0 Å². The topological polar surface area (TPSA) is 54.4 Å². The summed E-state index contributed by atoms with van der Waals surface area (Å²) in [5.41, 5.74) is 0. The van der Waals surface area contributed by atoms with E-state index in [0.717, 1.165) is 38.5 Å². The molecular weight excluding hydrogens is 471 g/mol. The lowest BCUT2D eigenvalue weighted by Crippen LogP contribution is -2.33. The Balaban J connectivity index is 3.58. The Morgan fingerprint density at radius 3 is 0.833 bits per heavy atom. The molecule has 36 heavy (non-hydrogen) atoms. The monoisotopic (exact) mass is 534 g/mol. The van der Waals surface area contributed by atoms with Crippen molar-refractivity contribution < 1.29 is 17.4 Å². The zero-order chi connectivity index (χ0) is 26.8. The molecule has 0 spiro atoms. The van der Waals surface area contributed by atoms with Gasteiger partial charge in [0.15, 0.2) is 0 Å². The molecule has 0 aliphatic carbocycles. The average molecular weight is 535 g/mol. The molecule has 0 aromatic rings. The predicted molar refractivity (Wildman–Crippen MR) is 156 cm³/mol. The van der Waals surface area contributed by atoms with E-state index >= 15 is 4.39 Å². The smallest absolute Gasteiger partial charge is 0.283 e. The highest BCUT2D eigenvalue weighted by Crippen LogP contribution is 2.32. The zero-order valence-corrected chi connectivity index (χ0v) is 25.2. The lowest BCUT2D eigenvalue weighted by molar-refractivity contribution is 0.203. The number of hydrogen-bond donors (Lipinski definition) is 1. The summed E-state index contributed by atoms with van der Waals surface area (Å²) in [5.74, 6) is 0. The van der Waals surface area contributed by atoms with Crippen LogP contribution in [0.1, 0.15) is 194 Å². The fourth-order valence-corrected chi connectivity index (χ4v) is 6.00. The molecule has 3 nitrogen and oxygen atoms in total. The van der Waals surface area contributed by atoms with Gasteiger partial charge in [-0.05, 0) is 25.7 Å². The van der Waals surface area contributed by atoms with Crippen LogP contribution < -0.4 is 0 Å². The lowest BCUT2D eigenvalue weighted by atomic mass is 10.0. The summed E-state index contributed by atoms with van der Waals surface area (Å²) < 4.78 is 47.8. The van der Waals surface area contributed by atoms with E-state index in [1.807, 2.05) is 0 Å². The highest BCUT2D eigenvalue weighted by atomic mass is 32.2. The zero-order valence-electron chi connectivity index (χ0n) is 24.3. The van der Waals surface area contributed by atoms with Crippen molar-refractivity contribution in [3.05, 3.63) is 0 Å². The van der Waals surface area contributed by atoms with Crippen LogP contribution in [0.5, 0.6) is 0 Å². The minimum atomic E-state index is -4.66. The second-order valence-electron chi connectivity index (χ2n) is 11.3. The second-order valence-corrected chi connectivity index (χ2v) is 13.0. The van der Waals surface area contributed by atoms with E-state index in [0.29, 0.717) is 12.8 Å². The molecule has 0 saturated carbocycles. The summed E-state index contributed by atoms with van der Waals surface area (Å²) in [5, 5.41) is -2.45. The number of unbranched alkanes of at least 4 members (excludes halogenated alkanes) is 24. The van der Waals surface area contributed by atoms with Gasteiger partial charge in [0.25, 0.3) is 10.1 Å². The fraction of sp³-hybridized carbons (Fsp3) is 1.00. The van der Waals surface area contributed by atoms with Crippen molar-refractivity contribution in [2.75, 3.05) is 0 Å². The van der Waals surface area contributed by atoms with Crippen LogP contribution in [-0.2, 0) is 10.1 Å². The highest BCUT2D eigenvalue weighted by Gasteiger charge is 2.42. The summed E-state index contributed by atoms with van der Waals surface area (Å²) in [6.45, 7) is 4.44. The standard InChI is InChI=1S/C31H63FO3S/c1-3-5-7-9-11-12-13-14-15-16-17-18-19-20-21-22-24-26-28-30-31(32,36(33,34)35)29-27-25-23-10-8-6-4-2/h3-30H2,1-2H3,(H,33,34,35). The SMILES string of the molecule is CCCCCCCCCCCCCCCCCCCCCC(F)(CCCCCCCCC)S(=O)(=O)O. The first-order valence-corrected chi connectivity index (χ1v) is 17.5. The quantitative estimate of drug-likeness (QED) is 0.0766. The fourth-order valence-electron chi connectivity index (χ4n) is 5.20. The Morgan fingerprint density at radius 1 is 0.444 bits per heavy atom. The van der Waals surface area contributed by atoms with Crippen molar-refractivity contribution in [2.45, 2.75) is 199 Å². The molecule has 5 heteroatoms. The third-order valence-electron chi connectivity index (χ3n) is 7.77. The van der Waals surface area contributed by atoms with Gasteiger partial charge >= 0.3 is 0 Å². The molecule has 0 amide bonds. The summed E-state index contributed by atoms with van der Waals surface area (Å²) in [6, 6.07) is 0. The van der Waals surface area contributed by atoms with Crippen molar-refractivity contribution in [2.24, 2.45) is 0 Å². The van der Waals surface area contributed by atoms with Gasteiger partial charge in [-0.25, -0.2) is 4.39 Å². The van der Waals surface area contributed by atoms with Gasteiger partial charge in [0.1, 0.15) is 0 Å². The van der Waals surface area contributed by atoms with Crippen LogP contribution in [0.3, 0.4) is 0 Å². The van der Waals surface area contributed by atoms with Crippen molar-refractivity contribution in [3.63, 3.8) is 0 Å². The highest BCUT2D eigenvalue weighted by molar-refractivity contribution is 7.87. The summed E-state index contributed by atoms with van der Waals surface area (Å²) in [6.07, 6.45) is 31.0. The molecule has 0 fully saturated rings. The maximum Gasteiger partial charge on any atom is 0.300 e. The first-order chi connectivity index (χ1) is 17.4. The molecule has 0 aliphatic rings.